The molecule has 0 bridgehead atoms. The molecule has 0 aliphatic rings. The van der Waals surface area contributed by atoms with Crippen molar-refractivity contribution in [2.45, 2.75) is 39.2 Å². The van der Waals surface area contributed by atoms with Crippen LogP contribution in [-0.2, 0) is 17.1 Å². The summed E-state index contributed by atoms with van der Waals surface area (Å²) in [5.41, 5.74) is -2.35. The fourth-order valence-electron chi connectivity index (χ4n) is 3.12. The molecule has 0 spiro atoms. The topological polar surface area (TPSA) is 84.0 Å². The number of aromatic nitrogens is 2. The minimum atomic E-state index is -5.11. The largest absolute Gasteiger partial charge is 0.416 e. The lowest BCUT2D eigenvalue weighted by Crippen LogP contribution is -2.47. The number of rotatable bonds is 6. The number of halogens is 6. The third-order valence-electron chi connectivity index (χ3n) is 5.04. The maximum atomic E-state index is 13.1. The van der Waals surface area contributed by atoms with Crippen LogP contribution in [0.1, 0.15) is 40.9 Å². The molecule has 1 heterocycles. The molecule has 3 aromatic rings. The first-order valence-corrected chi connectivity index (χ1v) is 11.3. The zero-order valence-electron chi connectivity index (χ0n) is 19.1. The molecule has 0 aliphatic heterocycles. The van der Waals surface area contributed by atoms with E-state index < -0.39 is 52.8 Å². The summed E-state index contributed by atoms with van der Waals surface area (Å²) in [7, 11) is 0. The standard InChI is InChI=1S/C23H20F6N4O2S/c1-11(2)17(19(35)31-21-33-32-20(36-21)13-6-4-12(3)5-7-13)30-18(34)14-8-15(22(24,25)26)10-16(9-14)23(27,28)29/h4-11,17H,1-3H3,(H,30,34)(H,31,33,35). The fourth-order valence-corrected chi connectivity index (χ4v) is 3.87. The SMILES string of the molecule is Cc1ccc(-c2nnc(NC(=O)C(NC(=O)c3cc(C(F)(F)F)cc(C(F)(F)F)c3)C(C)C)s2)cc1. The van der Waals surface area contributed by atoms with E-state index in [1.165, 1.54) is 0 Å². The molecule has 1 unspecified atom stereocenters. The van der Waals surface area contributed by atoms with Crippen LogP contribution in [0.15, 0.2) is 42.5 Å². The number of carbonyl (C=O) groups excluding carboxylic acids is 2. The molecule has 1 atom stereocenters. The van der Waals surface area contributed by atoms with E-state index in [-0.39, 0.29) is 11.2 Å². The molecule has 13 heteroatoms. The minimum Gasteiger partial charge on any atom is -0.340 e. The molecule has 36 heavy (non-hydrogen) atoms. The van der Waals surface area contributed by atoms with E-state index in [2.05, 4.69) is 20.8 Å². The van der Waals surface area contributed by atoms with Gasteiger partial charge in [-0.15, -0.1) is 10.2 Å². The van der Waals surface area contributed by atoms with E-state index in [9.17, 15) is 35.9 Å². The van der Waals surface area contributed by atoms with E-state index in [1.54, 1.807) is 13.8 Å². The smallest absolute Gasteiger partial charge is 0.340 e. The van der Waals surface area contributed by atoms with Gasteiger partial charge in [-0.3, -0.25) is 14.9 Å². The highest BCUT2D eigenvalue weighted by Crippen LogP contribution is 2.36. The van der Waals surface area contributed by atoms with Crippen molar-refractivity contribution in [3.8, 4) is 10.6 Å². The number of nitrogens with one attached hydrogen (secondary N) is 2. The molecule has 0 aliphatic carbocycles. The van der Waals surface area contributed by atoms with E-state index in [0.29, 0.717) is 17.1 Å². The maximum Gasteiger partial charge on any atom is 0.416 e. The van der Waals surface area contributed by atoms with Crippen molar-refractivity contribution in [3.05, 3.63) is 64.7 Å². The molecule has 1 aromatic heterocycles. The Hall–Kier alpha value is -3.48. The van der Waals surface area contributed by atoms with E-state index in [0.717, 1.165) is 22.5 Å². The van der Waals surface area contributed by atoms with Gasteiger partial charge >= 0.3 is 12.4 Å². The average Bonchev–Trinajstić information content (AvgIpc) is 3.24. The van der Waals surface area contributed by atoms with Gasteiger partial charge in [0, 0.05) is 11.1 Å². The summed E-state index contributed by atoms with van der Waals surface area (Å²) in [5, 5.41) is 13.2. The van der Waals surface area contributed by atoms with Gasteiger partial charge in [0.2, 0.25) is 11.0 Å². The van der Waals surface area contributed by atoms with Crippen LogP contribution >= 0.6 is 11.3 Å². The fraction of sp³-hybridized carbons (Fsp3) is 0.304. The monoisotopic (exact) mass is 530 g/mol. The number of hydrogen-bond donors (Lipinski definition) is 2. The Morgan fingerprint density at radius 1 is 0.889 bits per heavy atom. The van der Waals surface area contributed by atoms with Crippen LogP contribution in [0.2, 0.25) is 0 Å². The Labute approximate surface area is 205 Å². The lowest BCUT2D eigenvalue weighted by atomic mass is 10.0. The van der Waals surface area contributed by atoms with Gasteiger partial charge in [0.1, 0.15) is 11.0 Å². The van der Waals surface area contributed by atoms with Crippen molar-refractivity contribution < 1.29 is 35.9 Å². The summed E-state index contributed by atoms with van der Waals surface area (Å²) in [4.78, 5) is 25.5. The highest BCUT2D eigenvalue weighted by atomic mass is 32.1. The highest BCUT2D eigenvalue weighted by molar-refractivity contribution is 7.18. The second-order valence-electron chi connectivity index (χ2n) is 8.26. The van der Waals surface area contributed by atoms with Gasteiger partial charge in [0.25, 0.3) is 5.91 Å². The maximum absolute atomic E-state index is 13.1. The summed E-state index contributed by atoms with van der Waals surface area (Å²) in [6.45, 7) is 5.02. The number of carbonyl (C=O) groups is 2. The van der Waals surface area contributed by atoms with Crippen molar-refractivity contribution in [1.82, 2.24) is 15.5 Å². The number of hydrogen-bond acceptors (Lipinski definition) is 5. The van der Waals surface area contributed by atoms with E-state index in [4.69, 9.17) is 0 Å². The van der Waals surface area contributed by atoms with Gasteiger partial charge in [0.05, 0.1) is 11.1 Å². The van der Waals surface area contributed by atoms with Crippen molar-refractivity contribution >= 4 is 28.3 Å². The van der Waals surface area contributed by atoms with E-state index in [1.807, 2.05) is 31.2 Å². The second-order valence-corrected chi connectivity index (χ2v) is 9.23. The molecule has 3 rings (SSSR count). The first-order valence-electron chi connectivity index (χ1n) is 10.5. The zero-order chi connectivity index (χ0) is 26.8. The minimum absolute atomic E-state index is 0.0789. The molecule has 2 aromatic carbocycles. The number of anilines is 1. The van der Waals surface area contributed by atoms with Crippen LogP contribution in [0.4, 0.5) is 31.5 Å². The number of benzene rings is 2. The molecule has 0 saturated carbocycles. The normalized spacial score (nSPS) is 12.9. The number of amides is 2. The van der Waals surface area contributed by atoms with Gasteiger partial charge in [-0.2, -0.15) is 26.3 Å². The Balaban J connectivity index is 1.81. The molecule has 192 valence electrons. The van der Waals surface area contributed by atoms with Gasteiger partial charge in [-0.1, -0.05) is 55.0 Å². The number of alkyl halides is 6. The van der Waals surface area contributed by atoms with Crippen LogP contribution in [0.5, 0.6) is 0 Å². The molecule has 2 amide bonds. The van der Waals surface area contributed by atoms with Crippen molar-refractivity contribution in [1.29, 1.82) is 0 Å². The summed E-state index contributed by atoms with van der Waals surface area (Å²) >= 11 is 1.06. The average molecular weight is 530 g/mol. The van der Waals surface area contributed by atoms with Gasteiger partial charge < -0.3 is 5.32 Å². The predicted molar refractivity (Wildman–Crippen MR) is 121 cm³/mol. The number of aryl methyl sites for hydroxylation is 1. The zero-order valence-corrected chi connectivity index (χ0v) is 19.9. The molecule has 0 radical (unpaired) electrons. The first kappa shape index (κ1) is 27.1. The van der Waals surface area contributed by atoms with Gasteiger partial charge in [0.15, 0.2) is 0 Å². The molecule has 0 saturated heterocycles. The van der Waals surface area contributed by atoms with Gasteiger partial charge in [-0.25, -0.2) is 0 Å². The summed E-state index contributed by atoms with van der Waals surface area (Å²) in [5.74, 6) is -2.59. The summed E-state index contributed by atoms with van der Waals surface area (Å²) in [6.07, 6.45) is -10.2. The highest BCUT2D eigenvalue weighted by Gasteiger charge is 2.38. The lowest BCUT2D eigenvalue weighted by molar-refractivity contribution is -0.143. The molecular weight excluding hydrogens is 510 g/mol. The van der Waals surface area contributed by atoms with Crippen LogP contribution in [0, 0.1) is 12.8 Å². The Kier molecular flexibility index (Phi) is 7.72. The van der Waals surface area contributed by atoms with Crippen LogP contribution in [0.3, 0.4) is 0 Å². The molecular formula is C23H20F6N4O2S. The molecule has 6 nitrogen and oxygen atoms in total. The number of nitrogens with zero attached hydrogens (tertiary/aromatic N) is 2. The summed E-state index contributed by atoms with van der Waals surface area (Å²) < 4.78 is 78.8. The second kappa shape index (κ2) is 10.2. The van der Waals surface area contributed by atoms with Crippen LogP contribution in [-0.4, -0.2) is 28.1 Å². The third kappa shape index (κ3) is 6.59. The van der Waals surface area contributed by atoms with Crippen LogP contribution < -0.4 is 10.6 Å². The summed E-state index contributed by atoms with van der Waals surface area (Å²) in [6, 6.07) is 6.63. The van der Waals surface area contributed by atoms with Crippen LogP contribution in [0.25, 0.3) is 10.6 Å². The quantitative estimate of drug-likeness (QED) is 0.386. The molecule has 0 fully saturated rings. The van der Waals surface area contributed by atoms with Crippen molar-refractivity contribution in [2.24, 2.45) is 5.92 Å². The third-order valence-corrected chi connectivity index (χ3v) is 5.93. The first-order chi connectivity index (χ1) is 16.6. The van der Waals surface area contributed by atoms with Crippen molar-refractivity contribution in [2.75, 3.05) is 5.32 Å². The predicted octanol–water partition coefficient (Wildman–Crippen LogP) is 5.94. The Bertz CT molecular complexity index is 1220. The Morgan fingerprint density at radius 3 is 1.94 bits per heavy atom. The van der Waals surface area contributed by atoms with Crippen molar-refractivity contribution in [3.63, 3.8) is 0 Å². The Morgan fingerprint density at radius 2 is 1.44 bits per heavy atom. The lowest BCUT2D eigenvalue weighted by Gasteiger charge is -2.21. The molecule has 2 N–H and O–H groups in total. The van der Waals surface area contributed by atoms with Gasteiger partial charge in [-0.05, 0) is 31.0 Å². The van der Waals surface area contributed by atoms with E-state index >= 15 is 0 Å².